The molecule has 0 atom stereocenters. The van der Waals surface area contributed by atoms with E-state index in [0.717, 1.165) is 12.0 Å². The number of benzene rings is 1. The molecule has 0 heterocycles. The van der Waals surface area contributed by atoms with Crippen molar-refractivity contribution in [2.75, 3.05) is 12.4 Å². The third-order valence-electron chi connectivity index (χ3n) is 1.95. The molecule has 2 amide bonds. The first-order valence-electron chi connectivity index (χ1n) is 4.48. The summed E-state index contributed by atoms with van der Waals surface area (Å²) in [6, 6.07) is 4.79. The molecule has 76 valence electrons. The summed E-state index contributed by atoms with van der Waals surface area (Å²) in [4.78, 5) is 10.9. The first kappa shape index (κ1) is 10.4. The zero-order valence-electron chi connectivity index (χ0n) is 8.29. The highest BCUT2D eigenvalue weighted by molar-refractivity contribution is 5.89. The van der Waals surface area contributed by atoms with Gasteiger partial charge in [-0.1, -0.05) is 13.0 Å². The van der Waals surface area contributed by atoms with Crippen LogP contribution in [0.5, 0.6) is 5.75 Å². The normalized spacial score (nSPS) is 9.57. The number of aryl methyl sites for hydroxylation is 1. The van der Waals surface area contributed by atoms with Crippen molar-refractivity contribution in [1.82, 2.24) is 5.32 Å². The maximum atomic E-state index is 10.9. The van der Waals surface area contributed by atoms with Gasteiger partial charge in [-0.3, -0.25) is 0 Å². The van der Waals surface area contributed by atoms with Crippen molar-refractivity contribution in [2.45, 2.75) is 13.3 Å². The van der Waals surface area contributed by atoms with Crippen LogP contribution >= 0.6 is 0 Å². The lowest BCUT2D eigenvalue weighted by atomic mass is 10.1. The van der Waals surface area contributed by atoms with E-state index in [1.165, 1.54) is 13.1 Å². The molecule has 0 bridgehead atoms. The van der Waals surface area contributed by atoms with E-state index in [1.807, 2.05) is 6.92 Å². The van der Waals surface area contributed by atoms with E-state index in [0.29, 0.717) is 5.69 Å². The number of carbonyl (C=O) groups is 1. The molecule has 1 aromatic rings. The lowest BCUT2D eigenvalue weighted by Gasteiger charge is -2.06. The fraction of sp³-hybridized carbons (Fsp3) is 0.300. The first-order chi connectivity index (χ1) is 6.67. The Kier molecular flexibility index (Phi) is 3.34. The van der Waals surface area contributed by atoms with E-state index in [4.69, 9.17) is 0 Å². The van der Waals surface area contributed by atoms with Gasteiger partial charge in [0.1, 0.15) is 5.75 Å². The summed E-state index contributed by atoms with van der Waals surface area (Å²) < 4.78 is 0. The topological polar surface area (TPSA) is 61.4 Å². The number of hydrogen-bond acceptors (Lipinski definition) is 2. The summed E-state index contributed by atoms with van der Waals surface area (Å²) in [5.74, 6) is 0.210. The maximum Gasteiger partial charge on any atom is 0.318 e. The number of urea groups is 1. The molecule has 0 saturated heterocycles. The van der Waals surface area contributed by atoms with E-state index in [-0.39, 0.29) is 11.8 Å². The number of phenolic OH excluding ortho intramolecular Hbond substituents is 1. The van der Waals surface area contributed by atoms with Crippen molar-refractivity contribution in [3.05, 3.63) is 23.8 Å². The smallest absolute Gasteiger partial charge is 0.318 e. The lowest BCUT2D eigenvalue weighted by molar-refractivity contribution is 0.254. The van der Waals surface area contributed by atoms with Gasteiger partial charge < -0.3 is 15.7 Å². The monoisotopic (exact) mass is 194 g/mol. The van der Waals surface area contributed by atoms with Crippen LogP contribution in [0.15, 0.2) is 18.2 Å². The van der Waals surface area contributed by atoms with Crippen LogP contribution in [0.4, 0.5) is 10.5 Å². The van der Waals surface area contributed by atoms with E-state index in [2.05, 4.69) is 10.6 Å². The Morgan fingerprint density at radius 2 is 2.21 bits per heavy atom. The van der Waals surface area contributed by atoms with Crippen molar-refractivity contribution in [3.63, 3.8) is 0 Å². The second kappa shape index (κ2) is 4.50. The number of aromatic hydroxyl groups is 1. The molecule has 3 N–H and O–H groups in total. The van der Waals surface area contributed by atoms with Crippen LogP contribution in [0, 0.1) is 0 Å². The lowest BCUT2D eigenvalue weighted by Crippen LogP contribution is -2.24. The molecule has 0 fully saturated rings. The Balaban J connectivity index is 2.81. The molecule has 0 aliphatic rings. The van der Waals surface area contributed by atoms with Gasteiger partial charge >= 0.3 is 6.03 Å². The van der Waals surface area contributed by atoms with E-state index < -0.39 is 0 Å². The minimum absolute atomic E-state index is 0.210. The average Bonchev–Trinajstić information content (AvgIpc) is 2.18. The Bertz CT molecular complexity index is 337. The molecule has 1 rings (SSSR count). The van der Waals surface area contributed by atoms with E-state index >= 15 is 0 Å². The second-order valence-electron chi connectivity index (χ2n) is 2.90. The second-order valence-corrected chi connectivity index (χ2v) is 2.90. The van der Waals surface area contributed by atoms with Crippen molar-refractivity contribution in [2.24, 2.45) is 0 Å². The molecule has 0 aromatic heterocycles. The highest BCUT2D eigenvalue weighted by Gasteiger charge is 2.02. The largest absolute Gasteiger partial charge is 0.508 e. The quantitative estimate of drug-likeness (QED) is 0.671. The highest BCUT2D eigenvalue weighted by Crippen LogP contribution is 2.21. The third kappa shape index (κ3) is 2.39. The van der Waals surface area contributed by atoms with Gasteiger partial charge in [0, 0.05) is 18.8 Å². The molecule has 0 aliphatic carbocycles. The zero-order chi connectivity index (χ0) is 10.6. The Hall–Kier alpha value is -1.71. The molecular formula is C10H14N2O2. The van der Waals surface area contributed by atoms with E-state index in [9.17, 15) is 9.90 Å². The fourth-order valence-electron chi connectivity index (χ4n) is 1.13. The van der Waals surface area contributed by atoms with Gasteiger partial charge in [0.15, 0.2) is 0 Å². The highest BCUT2D eigenvalue weighted by atomic mass is 16.3. The minimum atomic E-state index is -0.298. The SMILES string of the molecule is CCc1ccc(NC(=O)NC)cc1O. The molecule has 0 spiro atoms. The van der Waals surface area contributed by atoms with Crippen molar-refractivity contribution in [3.8, 4) is 5.75 Å². The summed E-state index contributed by atoms with van der Waals surface area (Å²) in [5.41, 5.74) is 1.45. The zero-order valence-corrected chi connectivity index (χ0v) is 8.29. The molecule has 4 nitrogen and oxygen atoms in total. The molecule has 4 heteroatoms. The molecule has 0 aliphatic heterocycles. The predicted octanol–water partition coefficient (Wildman–Crippen LogP) is 1.71. The molecule has 1 aromatic carbocycles. The van der Waals surface area contributed by atoms with Gasteiger partial charge in [0.2, 0.25) is 0 Å². The van der Waals surface area contributed by atoms with Crippen LogP contribution in [0.25, 0.3) is 0 Å². The predicted molar refractivity (Wildman–Crippen MR) is 55.6 cm³/mol. The molecule has 0 radical (unpaired) electrons. The maximum absolute atomic E-state index is 10.9. The van der Waals surface area contributed by atoms with Gasteiger partial charge in [-0.15, -0.1) is 0 Å². The number of amides is 2. The van der Waals surface area contributed by atoms with Crippen LogP contribution in [-0.4, -0.2) is 18.2 Å². The summed E-state index contributed by atoms with van der Waals surface area (Å²) in [5, 5.41) is 14.5. The Morgan fingerprint density at radius 1 is 1.50 bits per heavy atom. The standard InChI is InChI=1S/C10H14N2O2/c1-3-7-4-5-8(6-9(7)13)12-10(14)11-2/h4-6,13H,3H2,1-2H3,(H2,11,12,14). The Morgan fingerprint density at radius 3 is 2.71 bits per heavy atom. The van der Waals surface area contributed by atoms with Crippen molar-refractivity contribution >= 4 is 11.7 Å². The summed E-state index contributed by atoms with van der Waals surface area (Å²) in [7, 11) is 1.54. The summed E-state index contributed by atoms with van der Waals surface area (Å²) in [6.45, 7) is 1.96. The number of anilines is 1. The van der Waals surface area contributed by atoms with Gasteiger partial charge in [0.25, 0.3) is 0 Å². The fourth-order valence-corrected chi connectivity index (χ4v) is 1.13. The van der Waals surface area contributed by atoms with Gasteiger partial charge in [0.05, 0.1) is 0 Å². The van der Waals surface area contributed by atoms with Gasteiger partial charge in [-0.25, -0.2) is 4.79 Å². The van der Waals surface area contributed by atoms with Gasteiger partial charge in [-0.05, 0) is 18.1 Å². The molecule has 14 heavy (non-hydrogen) atoms. The number of hydrogen-bond donors (Lipinski definition) is 3. The number of carbonyl (C=O) groups excluding carboxylic acids is 1. The van der Waals surface area contributed by atoms with Crippen LogP contribution in [0.2, 0.25) is 0 Å². The van der Waals surface area contributed by atoms with Crippen LogP contribution in [0.3, 0.4) is 0 Å². The molecule has 0 unspecified atom stereocenters. The molecular weight excluding hydrogens is 180 g/mol. The number of nitrogens with one attached hydrogen (secondary N) is 2. The van der Waals surface area contributed by atoms with Gasteiger partial charge in [-0.2, -0.15) is 0 Å². The summed E-state index contributed by atoms with van der Waals surface area (Å²) in [6.07, 6.45) is 0.770. The minimum Gasteiger partial charge on any atom is -0.508 e. The summed E-state index contributed by atoms with van der Waals surface area (Å²) >= 11 is 0. The Labute approximate surface area is 82.9 Å². The van der Waals surface area contributed by atoms with Crippen LogP contribution in [0.1, 0.15) is 12.5 Å². The average molecular weight is 194 g/mol. The third-order valence-corrected chi connectivity index (χ3v) is 1.95. The van der Waals surface area contributed by atoms with Crippen molar-refractivity contribution < 1.29 is 9.90 Å². The van der Waals surface area contributed by atoms with Crippen LogP contribution in [-0.2, 0) is 6.42 Å². The van der Waals surface area contributed by atoms with Crippen LogP contribution < -0.4 is 10.6 Å². The molecule has 0 saturated carbocycles. The van der Waals surface area contributed by atoms with E-state index in [1.54, 1.807) is 12.1 Å². The number of phenols is 1. The first-order valence-corrected chi connectivity index (χ1v) is 4.48. The van der Waals surface area contributed by atoms with Crippen molar-refractivity contribution in [1.29, 1.82) is 0 Å². The number of rotatable bonds is 2.